The second kappa shape index (κ2) is 6.37. The highest BCUT2D eigenvalue weighted by Crippen LogP contribution is 2.54. The Morgan fingerprint density at radius 2 is 1.71 bits per heavy atom. The molecule has 3 aromatic carbocycles. The molecule has 2 unspecified atom stereocenters. The molecule has 2 aliphatic rings. The standard InChI is InChI=1S/C28H26N4O3/c1-28-26(34-3)17(29-2)12-20(35-28)31-18-10-6-4-8-14(18)22-23-16(13-30-27(23)33)21-15-9-5-7-11-19(15)32(28)25(21)24(22)31/h4-11,13,17,20,26,29-30,33H,12H2,1-3H3/t17-,20?,26-,28?/m1/s1. The van der Waals surface area contributed by atoms with Crippen LogP contribution in [0.5, 0.6) is 5.88 Å². The van der Waals surface area contributed by atoms with Crippen molar-refractivity contribution in [1.29, 1.82) is 0 Å². The lowest BCUT2D eigenvalue weighted by Gasteiger charge is -2.48. The molecule has 0 radical (unpaired) electrons. The summed E-state index contributed by atoms with van der Waals surface area (Å²) in [5.41, 5.74) is 3.66. The molecule has 6 aromatic rings. The van der Waals surface area contributed by atoms with E-state index in [9.17, 15) is 5.11 Å². The van der Waals surface area contributed by atoms with Crippen molar-refractivity contribution in [1.82, 2.24) is 19.4 Å². The number of likely N-dealkylation sites (N-methyl/N-ethyl adjacent to an activating group) is 1. The Kier molecular flexibility index (Phi) is 3.60. The maximum atomic E-state index is 11.1. The first-order valence-corrected chi connectivity index (χ1v) is 12.1. The van der Waals surface area contributed by atoms with E-state index in [0.29, 0.717) is 0 Å². The third kappa shape index (κ3) is 2.10. The molecule has 176 valence electrons. The van der Waals surface area contributed by atoms with E-state index in [1.165, 1.54) is 0 Å². The van der Waals surface area contributed by atoms with Crippen LogP contribution in [0.2, 0.25) is 0 Å². The largest absolute Gasteiger partial charge is 0.494 e. The molecular weight excluding hydrogens is 440 g/mol. The molecule has 1 saturated heterocycles. The van der Waals surface area contributed by atoms with E-state index in [0.717, 1.165) is 60.8 Å². The molecule has 1 fully saturated rings. The van der Waals surface area contributed by atoms with Gasteiger partial charge in [-0.15, -0.1) is 0 Å². The second-order valence-corrected chi connectivity index (χ2v) is 10.0. The molecule has 3 aromatic heterocycles. The number of H-pyrrole nitrogens is 1. The molecule has 0 spiro atoms. The van der Waals surface area contributed by atoms with Crippen molar-refractivity contribution in [2.24, 2.45) is 0 Å². The average molecular weight is 467 g/mol. The topological polar surface area (TPSA) is 76.4 Å². The molecule has 4 atom stereocenters. The predicted molar refractivity (Wildman–Crippen MR) is 138 cm³/mol. The molecule has 0 saturated carbocycles. The van der Waals surface area contributed by atoms with Gasteiger partial charge >= 0.3 is 0 Å². The van der Waals surface area contributed by atoms with Crippen molar-refractivity contribution in [2.75, 3.05) is 14.2 Å². The summed E-state index contributed by atoms with van der Waals surface area (Å²) < 4.78 is 18.0. The van der Waals surface area contributed by atoms with Crippen LogP contribution in [-0.2, 0) is 15.2 Å². The first-order chi connectivity index (χ1) is 17.1. The van der Waals surface area contributed by atoms with Gasteiger partial charge in [0.2, 0.25) is 0 Å². The first kappa shape index (κ1) is 19.8. The third-order valence-electron chi connectivity index (χ3n) is 8.47. The molecular formula is C28H26N4O3. The average Bonchev–Trinajstić information content (AvgIpc) is 3.51. The number of nitrogens with one attached hydrogen (secondary N) is 2. The number of aromatic hydroxyl groups is 1. The van der Waals surface area contributed by atoms with Gasteiger partial charge in [0.15, 0.2) is 11.6 Å². The zero-order valence-electron chi connectivity index (χ0n) is 19.8. The van der Waals surface area contributed by atoms with Crippen LogP contribution in [0.15, 0.2) is 54.7 Å². The van der Waals surface area contributed by atoms with Crippen LogP contribution in [0.1, 0.15) is 19.6 Å². The highest BCUT2D eigenvalue weighted by atomic mass is 16.6. The normalized spacial score (nSPS) is 26.1. The molecule has 7 heteroatoms. The summed E-state index contributed by atoms with van der Waals surface area (Å²) in [5.74, 6) is 0.198. The summed E-state index contributed by atoms with van der Waals surface area (Å²) in [6, 6.07) is 17.0. The van der Waals surface area contributed by atoms with Crippen LogP contribution in [0.25, 0.3) is 54.4 Å². The lowest BCUT2D eigenvalue weighted by molar-refractivity contribution is -0.256. The quantitative estimate of drug-likeness (QED) is 0.324. The molecule has 2 aliphatic heterocycles. The fourth-order valence-corrected chi connectivity index (χ4v) is 7.20. The van der Waals surface area contributed by atoms with Crippen molar-refractivity contribution < 1.29 is 14.6 Å². The van der Waals surface area contributed by atoms with Crippen LogP contribution in [0.4, 0.5) is 0 Å². The number of aromatic amines is 1. The lowest BCUT2D eigenvalue weighted by Crippen LogP contribution is -2.59. The number of methoxy groups -OCH3 is 1. The first-order valence-electron chi connectivity index (χ1n) is 12.1. The van der Waals surface area contributed by atoms with Crippen molar-refractivity contribution in [3.05, 3.63) is 54.7 Å². The summed E-state index contributed by atoms with van der Waals surface area (Å²) in [5, 5.41) is 20.9. The Bertz CT molecular complexity index is 1840. The van der Waals surface area contributed by atoms with E-state index >= 15 is 0 Å². The van der Waals surface area contributed by atoms with Crippen LogP contribution in [0, 0.1) is 0 Å². The van der Waals surface area contributed by atoms with Crippen molar-refractivity contribution >= 4 is 54.4 Å². The Morgan fingerprint density at radius 3 is 2.46 bits per heavy atom. The SMILES string of the molecule is CN[C@@H]1CC2OC(C)([C@@H]1OC)n1c3ccccc3c3c4c[nH]c(O)c4c4c5ccccc5n2c4c31. The fourth-order valence-electron chi connectivity index (χ4n) is 7.20. The third-order valence-corrected chi connectivity index (χ3v) is 8.47. The van der Waals surface area contributed by atoms with Crippen molar-refractivity contribution in [3.63, 3.8) is 0 Å². The molecule has 8 rings (SSSR count). The lowest BCUT2D eigenvalue weighted by atomic mass is 9.93. The zero-order chi connectivity index (χ0) is 23.6. The molecule has 3 N–H and O–H groups in total. The number of rotatable bonds is 2. The van der Waals surface area contributed by atoms with E-state index < -0.39 is 5.72 Å². The van der Waals surface area contributed by atoms with E-state index in [-0.39, 0.29) is 24.3 Å². The Balaban J connectivity index is 1.75. The summed E-state index contributed by atoms with van der Waals surface area (Å²) in [4.78, 5) is 3.11. The minimum Gasteiger partial charge on any atom is -0.494 e. The highest BCUT2D eigenvalue weighted by Gasteiger charge is 2.52. The van der Waals surface area contributed by atoms with E-state index in [4.69, 9.17) is 9.47 Å². The molecule has 0 aliphatic carbocycles. The molecule has 5 heterocycles. The molecule has 7 nitrogen and oxygen atoms in total. The van der Waals surface area contributed by atoms with E-state index in [1.807, 2.05) is 13.2 Å². The Hall–Kier alpha value is -3.52. The van der Waals surface area contributed by atoms with Gasteiger partial charge in [-0.25, -0.2) is 0 Å². The molecule has 2 bridgehead atoms. The van der Waals surface area contributed by atoms with Gasteiger partial charge in [0.1, 0.15) is 12.3 Å². The number of benzene rings is 3. The van der Waals surface area contributed by atoms with Gasteiger partial charge in [0.25, 0.3) is 0 Å². The van der Waals surface area contributed by atoms with E-state index in [2.05, 4.69) is 74.9 Å². The summed E-state index contributed by atoms with van der Waals surface area (Å²) >= 11 is 0. The minimum atomic E-state index is -0.758. The smallest absolute Gasteiger partial charge is 0.197 e. The number of nitrogens with zero attached hydrogens (tertiary/aromatic N) is 2. The molecule has 35 heavy (non-hydrogen) atoms. The maximum absolute atomic E-state index is 11.1. The van der Waals surface area contributed by atoms with Gasteiger partial charge < -0.3 is 34.0 Å². The van der Waals surface area contributed by atoms with Gasteiger partial charge in [-0.3, -0.25) is 0 Å². The predicted octanol–water partition coefficient (Wildman–Crippen LogP) is 5.30. The highest BCUT2D eigenvalue weighted by molar-refractivity contribution is 6.36. The minimum absolute atomic E-state index is 0.0885. The number of fused-ring (bicyclic) bond motifs is 13. The van der Waals surface area contributed by atoms with Crippen molar-refractivity contribution in [3.8, 4) is 5.88 Å². The second-order valence-electron chi connectivity index (χ2n) is 10.0. The van der Waals surface area contributed by atoms with E-state index in [1.54, 1.807) is 7.11 Å². The number of ether oxygens (including phenoxy) is 2. The van der Waals surface area contributed by atoms with Crippen LogP contribution in [-0.4, -0.2) is 45.5 Å². The van der Waals surface area contributed by atoms with Gasteiger partial charge in [0, 0.05) is 52.7 Å². The van der Waals surface area contributed by atoms with Gasteiger partial charge in [0.05, 0.1) is 27.5 Å². The van der Waals surface area contributed by atoms with Crippen molar-refractivity contribution in [2.45, 2.75) is 37.4 Å². The van der Waals surface area contributed by atoms with Gasteiger partial charge in [-0.1, -0.05) is 36.4 Å². The Morgan fingerprint density at radius 1 is 1.00 bits per heavy atom. The summed E-state index contributed by atoms with van der Waals surface area (Å²) in [7, 11) is 3.77. The summed E-state index contributed by atoms with van der Waals surface area (Å²) in [6.07, 6.45) is 2.29. The zero-order valence-corrected chi connectivity index (χ0v) is 19.8. The number of hydrogen-bond acceptors (Lipinski definition) is 4. The van der Waals surface area contributed by atoms with Crippen LogP contribution in [0.3, 0.4) is 0 Å². The Labute approximate surface area is 200 Å². The number of aromatic nitrogens is 3. The van der Waals surface area contributed by atoms with Crippen LogP contribution >= 0.6 is 0 Å². The number of para-hydroxylation sites is 2. The van der Waals surface area contributed by atoms with Crippen LogP contribution < -0.4 is 5.32 Å². The van der Waals surface area contributed by atoms with Gasteiger partial charge in [-0.2, -0.15) is 0 Å². The monoisotopic (exact) mass is 466 g/mol. The fraction of sp³-hybridized carbons (Fsp3) is 0.286. The summed E-state index contributed by atoms with van der Waals surface area (Å²) in [6.45, 7) is 2.16. The number of hydrogen-bond donors (Lipinski definition) is 3. The van der Waals surface area contributed by atoms with Gasteiger partial charge in [-0.05, 0) is 26.1 Å². The maximum Gasteiger partial charge on any atom is 0.197 e. The molecule has 0 amide bonds.